The number of amides is 1. The number of hydrogen-bond donors (Lipinski definition) is 1. The summed E-state index contributed by atoms with van der Waals surface area (Å²) in [5.74, 6) is 2.66. The quantitative estimate of drug-likeness (QED) is 0.753. The Morgan fingerprint density at radius 1 is 1.38 bits per heavy atom. The Hall–Kier alpha value is -0.180. The number of hydrogen-bond acceptors (Lipinski definition) is 2. The smallest absolute Gasteiger partial charge is 0.223 e. The minimum absolute atomic E-state index is 0.270. The molecule has 1 saturated carbocycles. The summed E-state index contributed by atoms with van der Waals surface area (Å²) in [5, 5.41) is 0. The molecule has 1 heterocycles. The first-order chi connectivity index (χ1) is 7.56. The van der Waals surface area contributed by atoms with Gasteiger partial charge in [-0.1, -0.05) is 13.8 Å². The van der Waals surface area contributed by atoms with Gasteiger partial charge in [0.05, 0.1) is 0 Å². The van der Waals surface area contributed by atoms with E-state index in [-0.39, 0.29) is 5.41 Å². The van der Waals surface area contributed by atoms with E-state index in [4.69, 9.17) is 0 Å². The standard InChI is InChI=1S/C13H23NOS/c1-10-3-6-14(8-11(10)2)12(15)7-13(9-16)4-5-13/h10-11,16H,3-9H2,1-2H3. The predicted octanol–water partition coefficient (Wildman–Crippen LogP) is 2.59. The van der Waals surface area contributed by atoms with Gasteiger partial charge in [0, 0.05) is 19.5 Å². The molecule has 0 aromatic heterocycles. The highest BCUT2D eigenvalue weighted by Crippen LogP contribution is 2.50. The van der Waals surface area contributed by atoms with Crippen LogP contribution in [0.1, 0.15) is 39.5 Å². The average molecular weight is 241 g/mol. The van der Waals surface area contributed by atoms with Crippen LogP contribution < -0.4 is 0 Å². The lowest BCUT2D eigenvalue weighted by molar-refractivity contribution is -0.134. The van der Waals surface area contributed by atoms with E-state index in [2.05, 4.69) is 31.4 Å². The van der Waals surface area contributed by atoms with Gasteiger partial charge in [-0.05, 0) is 42.3 Å². The van der Waals surface area contributed by atoms with Gasteiger partial charge in [0.2, 0.25) is 5.91 Å². The van der Waals surface area contributed by atoms with E-state index in [0.717, 1.165) is 31.2 Å². The van der Waals surface area contributed by atoms with Crippen LogP contribution in [-0.4, -0.2) is 29.6 Å². The monoisotopic (exact) mass is 241 g/mol. The summed E-state index contributed by atoms with van der Waals surface area (Å²) in [6.45, 7) is 6.48. The molecule has 2 unspecified atom stereocenters. The molecule has 1 saturated heterocycles. The van der Waals surface area contributed by atoms with E-state index < -0.39 is 0 Å². The molecule has 0 bridgehead atoms. The largest absolute Gasteiger partial charge is 0.342 e. The van der Waals surface area contributed by atoms with E-state index >= 15 is 0 Å². The van der Waals surface area contributed by atoms with E-state index in [1.807, 2.05) is 0 Å². The molecular weight excluding hydrogens is 218 g/mol. The molecule has 2 atom stereocenters. The van der Waals surface area contributed by atoms with E-state index in [9.17, 15) is 4.79 Å². The zero-order chi connectivity index (χ0) is 11.8. The maximum atomic E-state index is 12.2. The minimum atomic E-state index is 0.270. The molecule has 2 fully saturated rings. The molecule has 16 heavy (non-hydrogen) atoms. The average Bonchev–Trinajstić information content (AvgIpc) is 3.02. The van der Waals surface area contributed by atoms with Gasteiger partial charge >= 0.3 is 0 Å². The Morgan fingerprint density at radius 3 is 2.56 bits per heavy atom. The number of piperidine rings is 1. The van der Waals surface area contributed by atoms with Gasteiger partial charge < -0.3 is 4.90 Å². The molecule has 0 spiro atoms. The molecule has 0 aromatic rings. The number of carbonyl (C=O) groups excluding carboxylic acids is 1. The molecule has 0 aromatic carbocycles. The Kier molecular flexibility index (Phi) is 3.53. The van der Waals surface area contributed by atoms with Gasteiger partial charge in [-0.15, -0.1) is 0 Å². The maximum absolute atomic E-state index is 12.2. The third kappa shape index (κ3) is 2.55. The third-order valence-corrected chi connectivity index (χ3v) is 5.18. The van der Waals surface area contributed by atoms with Crippen LogP contribution >= 0.6 is 12.6 Å². The molecule has 2 nitrogen and oxygen atoms in total. The van der Waals surface area contributed by atoms with Crippen molar-refractivity contribution >= 4 is 18.5 Å². The summed E-state index contributed by atoms with van der Waals surface area (Å²) in [6, 6.07) is 0. The van der Waals surface area contributed by atoms with E-state index in [0.29, 0.717) is 11.8 Å². The first kappa shape index (κ1) is 12.3. The summed E-state index contributed by atoms with van der Waals surface area (Å²) < 4.78 is 0. The Labute approximate surface area is 104 Å². The van der Waals surface area contributed by atoms with Crippen molar-refractivity contribution in [1.82, 2.24) is 4.90 Å². The van der Waals surface area contributed by atoms with Crippen LogP contribution in [0.15, 0.2) is 0 Å². The van der Waals surface area contributed by atoms with Crippen LogP contribution in [0, 0.1) is 17.3 Å². The highest BCUT2D eigenvalue weighted by molar-refractivity contribution is 7.80. The Balaban J connectivity index is 1.86. The summed E-state index contributed by atoms with van der Waals surface area (Å²) in [7, 11) is 0. The van der Waals surface area contributed by atoms with Gasteiger partial charge in [0.1, 0.15) is 0 Å². The third-order valence-electron chi connectivity index (χ3n) is 4.51. The highest BCUT2D eigenvalue weighted by atomic mass is 32.1. The molecule has 1 aliphatic heterocycles. The Morgan fingerprint density at radius 2 is 2.06 bits per heavy atom. The molecule has 1 aliphatic carbocycles. The van der Waals surface area contributed by atoms with Crippen LogP contribution in [0.5, 0.6) is 0 Å². The number of likely N-dealkylation sites (tertiary alicyclic amines) is 1. The first-order valence-corrected chi connectivity index (χ1v) is 7.08. The molecular formula is C13H23NOS. The van der Waals surface area contributed by atoms with Crippen molar-refractivity contribution in [3.63, 3.8) is 0 Å². The molecule has 0 N–H and O–H groups in total. The summed E-state index contributed by atoms with van der Waals surface area (Å²) in [4.78, 5) is 14.2. The van der Waals surface area contributed by atoms with Crippen LogP contribution in [0.25, 0.3) is 0 Å². The van der Waals surface area contributed by atoms with Crippen molar-refractivity contribution in [1.29, 1.82) is 0 Å². The fourth-order valence-corrected chi connectivity index (χ4v) is 2.92. The summed E-state index contributed by atoms with van der Waals surface area (Å²) in [5.41, 5.74) is 0.270. The molecule has 0 radical (unpaired) electrons. The summed E-state index contributed by atoms with van der Waals surface area (Å²) in [6.07, 6.45) is 4.29. The van der Waals surface area contributed by atoms with E-state index in [1.54, 1.807) is 0 Å². The lowest BCUT2D eigenvalue weighted by atomic mass is 9.88. The number of rotatable bonds is 3. The van der Waals surface area contributed by atoms with Crippen LogP contribution in [-0.2, 0) is 4.79 Å². The molecule has 3 heteroatoms. The Bertz CT molecular complexity index is 275. The van der Waals surface area contributed by atoms with Gasteiger partial charge in [0.25, 0.3) is 0 Å². The SMILES string of the molecule is CC1CCN(C(=O)CC2(CS)CC2)CC1C. The van der Waals surface area contributed by atoms with Crippen molar-refractivity contribution in [2.75, 3.05) is 18.8 Å². The van der Waals surface area contributed by atoms with Crippen LogP contribution in [0.4, 0.5) is 0 Å². The highest BCUT2D eigenvalue weighted by Gasteiger charge is 2.44. The first-order valence-electron chi connectivity index (χ1n) is 6.45. The zero-order valence-electron chi connectivity index (χ0n) is 10.4. The molecule has 1 amide bonds. The lowest BCUT2D eigenvalue weighted by Gasteiger charge is -2.36. The topological polar surface area (TPSA) is 20.3 Å². The molecule has 2 rings (SSSR count). The zero-order valence-corrected chi connectivity index (χ0v) is 11.3. The fraction of sp³-hybridized carbons (Fsp3) is 0.923. The predicted molar refractivity (Wildman–Crippen MR) is 69.7 cm³/mol. The second-order valence-electron chi connectivity index (χ2n) is 5.92. The van der Waals surface area contributed by atoms with Crippen molar-refractivity contribution in [3.05, 3.63) is 0 Å². The second kappa shape index (κ2) is 4.59. The van der Waals surface area contributed by atoms with Crippen molar-refractivity contribution in [3.8, 4) is 0 Å². The van der Waals surface area contributed by atoms with E-state index in [1.165, 1.54) is 19.3 Å². The van der Waals surface area contributed by atoms with Gasteiger partial charge in [-0.25, -0.2) is 0 Å². The fourth-order valence-electron chi connectivity index (χ4n) is 2.49. The number of carbonyl (C=O) groups is 1. The lowest BCUT2D eigenvalue weighted by Crippen LogP contribution is -2.43. The maximum Gasteiger partial charge on any atom is 0.223 e. The van der Waals surface area contributed by atoms with Crippen molar-refractivity contribution in [2.45, 2.75) is 39.5 Å². The van der Waals surface area contributed by atoms with Crippen LogP contribution in [0.3, 0.4) is 0 Å². The number of nitrogens with zero attached hydrogens (tertiary/aromatic N) is 1. The normalized spacial score (nSPS) is 32.6. The van der Waals surface area contributed by atoms with Gasteiger partial charge in [0.15, 0.2) is 0 Å². The van der Waals surface area contributed by atoms with Gasteiger partial charge in [-0.2, -0.15) is 12.6 Å². The molecule has 92 valence electrons. The molecule has 2 aliphatic rings. The van der Waals surface area contributed by atoms with Crippen molar-refractivity contribution in [2.24, 2.45) is 17.3 Å². The minimum Gasteiger partial charge on any atom is -0.342 e. The van der Waals surface area contributed by atoms with Gasteiger partial charge in [-0.3, -0.25) is 4.79 Å². The van der Waals surface area contributed by atoms with Crippen molar-refractivity contribution < 1.29 is 4.79 Å². The van der Waals surface area contributed by atoms with Crippen LogP contribution in [0.2, 0.25) is 0 Å². The number of thiol groups is 1. The second-order valence-corrected chi connectivity index (χ2v) is 6.23. The summed E-state index contributed by atoms with van der Waals surface area (Å²) >= 11 is 4.36.